The second-order valence-electron chi connectivity index (χ2n) is 5.80. The molecule has 2 rings (SSSR count). The van der Waals surface area contributed by atoms with E-state index >= 15 is 0 Å². The standard InChI is InChI=1S/C15H19BrF3NO/c1-9-3-5-12(7-10(9)2)20-13-6-4-11(16)8-14(13)21-15(17,18)19/h4,6,8-10,12,20H,3,5,7H2,1-2H3. The largest absolute Gasteiger partial charge is 0.573 e. The smallest absolute Gasteiger partial charge is 0.404 e. The second kappa shape index (κ2) is 6.46. The predicted molar refractivity (Wildman–Crippen MR) is 80.4 cm³/mol. The lowest BCUT2D eigenvalue weighted by molar-refractivity contribution is -0.274. The maximum Gasteiger partial charge on any atom is 0.573 e. The molecule has 0 spiro atoms. The van der Waals surface area contributed by atoms with E-state index in [-0.39, 0.29) is 11.8 Å². The van der Waals surface area contributed by atoms with Crippen molar-refractivity contribution < 1.29 is 17.9 Å². The van der Waals surface area contributed by atoms with Gasteiger partial charge in [0.1, 0.15) is 0 Å². The molecule has 0 aliphatic heterocycles. The fourth-order valence-corrected chi connectivity index (χ4v) is 3.06. The number of benzene rings is 1. The lowest BCUT2D eigenvalue weighted by atomic mass is 9.79. The van der Waals surface area contributed by atoms with Gasteiger partial charge in [-0.05, 0) is 49.3 Å². The van der Waals surface area contributed by atoms with Gasteiger partial charge in [-0.1, -0.05) is 29.8 Å². The van der Waals surface area contributed by atoms with Gasteiger partial charge < -0.3 is 10.1 Å². The summed E-state index contributed by atoms with van der Waals surface area (Å²) in [5, 5.41) is 3.20. The van der Waals surface area contributed by atoms with Crippen LogP contribution in [0, 0.1) is 11.8 Å². The van der Waals surface area contributed by atoms with Gasteiger partial charge in [0.15, 0.2) is 5.75 Å². The van der Waals surface area contributed by atoms with Gasteiger partial charge in [0.05, 0.1) is 5.69 Å². The fraction of sp³-hybridized carbons (Fsp3) is 0.600. The zero-order valence-electron chi connectivity index (χ0n) is 12.0. The molecule has 2 nitrogen and oxygen atoms in total. The van der Waals surface area contributed by atoms with Crippen molar-refractivity contribution in [2.24, 2.45) is 11.8 Å². The monoisotopic (exact) mass is 365 g/mol. The van der Waals surface area contributed by atoms with Crippen molar-refractivity contribution in [2.45, 2.75) is 45.5 Å². The average molecular weight is 366 g/mol. The fourth-order valence-electron chi connectivity index (χ4n) is 2.72. The molecular formula is C15H19BrF3NO. The molecule has 3 unspecified atom stereocenters. The lowest BCUT2D eigenvalue weighted by Gasteiger charge is -2.33. The molecule has 1 fully saturated rings. The summed E-state index contributed by atoms with van der Waals surface area (Å²) in [4.78, 5) is 0. The molecule has 0 saturated heterocycles. The molecular weight excluding hydrogens is 347 g/mol. The Bertz CT molecular complexity index is 492. The van der Waals surface area contributed by atoms with Gasteiger partial charge in [-0.2, -0.15) is 0 Å². The summed E-state index contributed by atoms with van der Waals surface area (Å²) in [5.74, 6) is 1.04. The zero-order valence-corrected chi connectivity index (χ0v) is 13.6. The summed E-state index contributed by atoms with van der Waals surface area (Å²) in [6, 6.07) is 4.85. The summed E-state index contributed by atoms with van der Waals surface area (Å²) in [5.41, 5.74) is 0.391. The highest BCUT2D eigenvalue weighted by Crippen LogP contribution is 2.36. The molecule has 0 bridgehead atoms. The van der Waals surface area contributed by atoms with Crippen molar-refractivity contribution in [3.63, 3.8) is 0 Å². The maximum atomic E-state index is 12.5. The molecule has 3 atom stereocenters. The van der Waals surface area contributed by atoms with Crippen LogP contribution in [0.2, 0.25) is 0 Å². The van der Waals surface area contributed by atoms with Crippen LogP contribution in [0.3, 0.4) is 0 Å². The maximum absolute atomic E-state index is 12.5. The number of halogens is 4. The van der Waals surface area contributed by atoms with E-state index in [4.69, 9.17) is 0 Å². The first-order valence-electron chi connectivity index (χ1n) is 7.06. The van der Waals surface area contributed by atoms with Crippen molar-refractivity contribution in [1.29, 1.82) is 0 Å². The van der Waals surface area contributed by atoms with Crippen molar-refractivity contribution in [2.75, 3.05) is 5.32 Å². The number of alkyl halides is 3. The molecule has 1 aliphatic carbocycles. The van der Waals surface area contributed by atoms with Crippen LogP contribution in [-0.4, -0.2) is 12.4 Å². The number of anilines is 1. The quantitative estimate of drug-likeness (QED) is 0.754. The van der Waals surface area contributed by atoms with E-state index in [0.717, 1.165) is 19.3 Å². The SMILES string of the molecule is CC1CCC(Nc2ccc(Br)cc2OC(F)(F)F)CC1C. The first kappa shape index (κ1) is 16.5. The van der Waals surface area contributed by atoms with Crippen molar-refractivity contribution in [3.8, 4) is 5.75 Å². The van der Waals surface area contributed by atoms with Crippen LogP contribution in [0.1, 0.15) is 33.1 Å². The van der Waals surface area contributed by atoms with E-state index in [9.17, 15) is 13.2 Å². The van der Waals surface area contributed by atoms with Crippen molar-refractivity contribution >= 4 is 21.6 Å². The van der Waals surface area contributed by atoms with Crippen LogP contribution >= 0.6 is 15.9 Å². The Hall–Kier alpha value is -0.910. The Morgan fingerprint density at radius 3 is 2.52 bits per heavy atom. The predicted octanol–water partition coefficient (Wildman–Crippen LogP) is 5.58. The van der Waals surface area contributed by atoms with Gasteiger partial charge in [-0.15, -0.1) is 13.2 Å². The minimum absolute atomic E-state index is 0.188. The minimum atomic E-state index is -4.69. The summed E-state index contributed by atoms with van der Waals surface area (Å²) >= 11 is 3.17. The molecule has 0 amide bonds. The Morgan fingerprint density at radius 2 is 1.90 bits per heavy atom. The molecule has 0 radical (unpaired) electrons. The third-order valence-electron chi connectivity index (χ3n) is 4.13. The van der Waals surface area contributed by atoms with E-state index in [0.29, 0.717) is 22.0 Å². The molecule has 1 aliphatic rings. The molecule has 118 valence electrons. The van der Waals surface area contributed by atoms with Crippen LogP contribution in [0.15, 0.2) is 22.7 Å². The first-order chi connectivity index (χ1) is 9.74. The summed E-state index contributed by atoms with van der Waals surface area (Å²) in [6.45, 7) is 4.41. The molecule has 1 aromatic carbocycles. The van der Waals surface area contributed by atoms with Crippen LogP contribution in [0.25, 0.3) is 0 Å². The van der Waals surface area contributed by atoms with Crippen molar-refractivity contribution in [3.05, 3.63) is 22.7 Å². The molecule has 0 heterocycles. The van der Waals surface area contributed by atoms with E-state index in [1.165, 1.54) is 6.07 Å². The van der Waals surface area contributed by atoms with Crippen LogP contribution in [-0.2, 0) is 0 Å². The Balaban J connectivity index is 2.12. The Labute approximate surface area is 131 Å². The summed E-state index contributed by atoms with van der Waals surface area (Å²) < 4.78 is 42.1. The topological polar surface area (TPSA) is 21.3 Å². The highest BCUT2D eigenvalue weighted by atomic mass is 79.9. The number of nitrogens with one attached hydrogen (secondary N) is 1. The Kier molecular flexibility index (Phi) is 5.07. The molecule has 6 heteroatoms. The average Bonchev–Trinajstić information content (AvgIpc) is 2.35. The molecule has 1 aromatic rings. The molecule has 21 heavy (non-hydrogen) atoms. The normalized spacial score (nSPS) is 26.5. The van der Waals surface area contributed by atoms with Gasteiger partial charge in [-0.25, -0.2) is 0 Å². The highest BCUT2D eigenvalue weighted by molar-refractivity contribution is 9.10. The zero-order chi connectivity index (χ0) is 15.6. The molecule has 1 saturated carbocycles. The van der Waals surface area contributed by atoms with Crippen LogP contribution < -0.4 is 10.1 Å². The van der Waals surface area contributed by atoms with Gasteiger partial charge >= 0.3 is 6.36 Å². The van der Waals surface area contributed by atoms with E-state index in [2.05, 4.69) is 39.8 Å². The minimum Gasteiger partial charge on any atom is -0.404 e. The Morgan fingerprint density at radius 1 is 1.19 bits per heavy atom. The molecule has 0 aromatic heterocycles. The third-order valence-corrected chi connectivity index (χ3v) is 4.62. The van der Waals surface area contributed by atoms with Crippen LogP contribution in [0.5, 0.6) is 5.75 Å². The van der Waals surface area contributed by atoms with E-state index in [1.54, 1.807) is 12.1 Å². The lowest BCUT2D eigenvalue weighted by Crippen LogP contribution is -2.30. The van der Waals surface area contributed by atoms with Gasteiger partial charge in [0.25, 0.3) is 0 Å². The van der Waals surface area contributed by atoms with Crippen molar-refractivity contribution in [1.82, 2.24) is 0 Å². The number of hydrogen-bond acceptors (Lipinski definition) is 2. The first-order valence-corrected chi connectivity index (χ1v) is 7.85. The number of hydrogen-bond donors (Lipinski definition) is 1. The van der Waals surface area contributed by atoms with Crippen LogP contribution in [0.4, 0.5) is 18.9 Å². The second-order valence-corrected chi connectivity index (χ2v) is 6.71. The molecule has 1 N–H and O–H groups in total. The summed E-state index contributed by atoms with van der Waals surface area (Å²) in [6.07, 6.45) is -1.67. The number of rotatable bonds is 3. The van der Waals surface area contributed by atoms with Gasteiger partial charge in [-0.3, -0.25) is 0 Å². The van der Waals surface area contributed by atoms with E-state index in [1.807, 2.05) is 0 Å². The van der Waals surface area contributed by atoms with Gasteiger partial charge in [0.2, 0.25) is 0 Å². The van der Waals surface area contributed by atoms with Gasteiger partial charge in [0, 0.05) is 10.5 Å². The number of ether oxygens (including phenoxy) is 1. The third kappa shape index (κ3) is 4.80. The summed E-state index contributed by atoms with van der Waals surface area (Å²) in [7, 11) is 0. The highest BCUT2D eigenvalue weighted by Gasteiger charge is 2.33. The van der Waals surface area contributed by atoms with E-state index < -0.39 is 6.36 Å².